The third-order valence-electron chi connectivity index (χ3n) is 1.28. The number of rotatable bonds is 6. The summed E-state index contributed by atoms with van der Waals surface area (Å²) in [6.07, 6.45) is 4.83. The van der Waals surface area contributed by atoms with Crippen molar-refractivity contribution in [1.29, 1.82) is 0 Å². The summed E-state index contributed by atoms with van der Waals surface area (Å²) in [7, 11) is -1.12. The highest BCUT2D eigenvalue weighted by atomic mass is 31.2. The molecular formula is C7H17O2P. The molecule has 0 bridgehead atoms. The number of unbranched alkanes of at least 4 members (excludes halogenated alkanes) is 3. The van der Waals surface area contributed by atoms with Crippen molar-refractivity contribution in [1.82, 2.24) is 0 Å². The summed E-state index contributed by atoms with van der Waals surface area (Å²) in [5, 5.41) is 0. The molecule has 62 valence electrons. The molecule has 0 radical (unpaired) electrons. The molecule has 0 fully saturated rings. The second-order valence-electron chi connectivity index (χ2n) is 2.36. The maximum absolute atomic E-state index is 8.75. The zero-order valence-electron chi connectivity index (χ0n) is 6.84. The van der Waals surface area contributed by atoms with Crippen molar-refractivity contribution in [3.05, 3.63) is 0 Å². The molecule has 0 rings (SSSR count). The zero-order chi connectivity index (χ0) is 7.82. The fourth-order valence-electron chi connectivity index (χ4n) is 0.726. The molecule has 3 heteroatoms. The molecule has 0 saturated heterocycles. The van der Waals surface area contributed by atoms with Crippen molar-refractivity contribution in [2.24, 2.45) is 0 Å². The molecule has 2 nitrogen and oxygen atoms in total. The first-order chi connectivity index (χ1) is 4.77. The van der Waals surface area contributed by atoms with Gasteiger partial charge in [0.25, 0.3) is 0 Å². The van der Waals surface area contributed by atoms with E-state index < -0.39 is 8.38 Å². The van der Waals surface area contributed by atoms with Gasteiger partial charge in [0, 0.05) is 6.66 Å². The van der Waals surface area contributed by atoms with Gasteiger partial charge in [0.05, 0.1) is 6.61 Å². The maximum Gasteiger partial charge on any atom is 0.164 e. The van der Waals surface area contributed by atoms with Crippen molar-refractivity contribution in [3.63, 3.8) is 0 Å². The lowest BCUT2D eigenvalue weighted by Gasteiger charge is -2.03. The van der Waals surface area contributed by atoms with E-state index in [-0.39, 0.29) is 0 Å². The topological polar surface area (TPSA) is 29.5 Å². The fourth-order valence-corrected chi connectivity index (χ4v) is 1.12. The molecule has 0 aromatic carbocycles. The van der Waals surface area contributed by atoms with E-state index in [0.29, 0.717) is 0 Å². The molecule has 1 unspecified atom stereocenters. The second kappa shape index (κ2) is 7.46. The average Bonchev–Trinajstić information content (AvgIpc) is 1.87. The minimum absolute atomic E-state index is 0.721. The Morgan fingerprint density at radius 1 is 1.30 bits per heavy atom. The van der Waals surface area contributed by atoms with E-state index in [1.165, 1.54) is 19.3 Å². The monoisotopic (exact) mass is 164 g/mol. The van der Waals surface area contributed by atoms with Crippen LogP contribution in [-0.2, 0) is 4.52 Å². The van der Waals surface area contributed by atoms with Crippen LogP contribution >= 0.6 is 8.38 Å². The Bertz CT molecular complexity index is 66.6. The van der Waals surface area contributed by atoms with Crippen LogP contribution in [-0.4, -0.2) is 18.2 Å². The van der Waals surface area contributed by atoms with Crippen molar-refractivity contribution >= 4 is 8.38 Å². The summed E-state index contributed by atoms with van der Waals surface area (Å²) in [6.45, 7) is 4.60. The van der Waals surface area contributed by atoms with Gasteiger partial charge in [-0.3, -0.25) is 0 Å². The third kappa shape index (κ3) is 8.35. The molecule has 0 spiro atoms. The Morgan fingerprint density at radius 2 is 2.00 bits per heavy atom. The first-order valence-electron chi connectivity index (χ1n) is 3.83. The van der Waals surface area contributed by atoms with Gasteiger partial charge in [0.1, 0.15) is 0 Å². The Kier molecular flexibility index (Phi) is 7.72. The highest BCUT2D eigenvalue weighted by molar-refractivity contribution is 7.45. The lowest BCUT2D eigenvalue weighted by molar-refractivity contribution is 0.302. The summed E-state index contributed by atoms with van der Waals surface area (Å²) < 4.78 is 5.01. The molecule has 10 heavy (non-hydrogen) atoms. The van der Waals surface area contributed by atoms with Gasteiger partial charge in [-0.1, -0.05) is 26.2 Å². The molecule has 0 aliphatic rings. The van der Waals surface area contributed by atoms with Gasteiger partial charge in [0.2, 0.25) is 0 Å². The summed E-state index contributed by atoms with van der Waals surface area (Å²) in [5.41, 5.74) is 0. The quantitative estimate of drug-likeness (QED) is 0.482. The Labute approximate surface area is 64.5 Å². The fraction of sp³-hybridized carbons (Fsp3) is 1.00. The molecule has 0 aliphatic carbocycles. The van der Waals surface area contributed by atoms with Crippen molar-refractivity contribution in [2.45, 2.75) is 32.6 Å². The highest BCUT2D eigenvalue weighted by Gasteiger charge is 1.93. The van der Waals surface area contributed by atoms with Crippen molar-refractivity contribution in [3.8, 4) is 0 Å². The van der Waals surface area contributed by atoms with Crippen LogP contribution < -0.4 is 0 Å². The zero-order valence-corrected chi connectivity index (χ0v) is 7.73. The molecule has 0 amide bonds. The smallest absolute Gasteiger partial charge is 0.164 e. The average molecular weight is 164 g/mol. The largest absolute Gasteiger partial charge is 0.350 e. The van der Waals surface area contributed by atoms with E-state index in [4.69, 9.17) is 9.42 Å². The van der Waals surface area contributed by atoms with Crippen LogP contribution in [0.15, 0.2) is 0 Å². The lowest BCUT2D eigenvalue weighted by Crippen LogP contribution is -1.88. The predicted octanol–water partition coefficient (Wildman–Crippen LogP) is 2.52. The normalized spacial score (nSPS) is 13.5. The molecule has 0 aromatic rings. The van der Waals surface area contributed by atoms with E-state index >= 15 is 0 Å². The molecular weight excluding hydrogens is 147 g/mol. The summed E-state index contributed by atoms with van der Waals surface area (Å²) in [5.74, 6) is 0. The summed E-state index contributed by atoms with van der Waals surface area (Å²) in [4.78, 5) is 8.75. The van der Waals surface area contributed by atoms with E-state index in [2.05, 4.69) is 6.92 Å². The Balaban J connectivity index is 2.77. The number of hydrogen-bond donors (Lipinski definition) is 1. The van der Waals surface area contributed by atoms with Crippen LogP contribution in [0.2, 0.25) is 0 Å². The van der Waals surface area contributed by atoms with Gasteiger partial charge in [0.15, 0.2) is 8.38 Å². The summed E-state index contributed by atoms with van der Waals surface area (Å²) >= 11 is 0. The van der Waals surface area contributed by atoms with Crippen LogP contribution in [0.5, 0.6) is 0 Å². The van der Waals surface area contributed by atoms with E-state index in [9.17, 15) is 0 Å². The molecule has 1 N–H and O–H groups in total. The van der Waals surface area contributed by atoms with Crippen LogP contribution in [0.25, 0.3) is 0 Å². The second-order valence-corrected chi connectivity index (χ2v) is 3.54. The number of hydrogen-bond acceptors (Lipinski definition) is 2. The SMILES string of the molecule is CCCCCCOP(C)O. The summed E-state index contributed by atoms with van der Waals surface area (Å²) in [6, 6.07) is 0. The van der Waals surface area contributed by atoms with Crippen LogP contribution in [0.3, 0.4) is 0 Å². The Morgan fingerprint density at radius 3 is 2.50 bits per heavy atom. The molecule has 0 aliphatic heterocycles. The van der Waals surface area contributed by atoms with E-state index in [1.807, 2.05) is 0 Å². The predicted molar refractivity (Wildman–Crippen MR) is 45.2 cm³/mol. The minimum atomic E-state index is -1.12. The van der Waals surface area contributed by atoms with E-state index in [1.54, 1.807) is 6.66 Å². The molecule has 0 heterocycles. The first kappa shape index (κ1) is 10.3. The van der Waals surface area contributed by atoms with Gasteiger partial charge in [-0.05, 0) is 6.42 Å². The molecule has 0 saturated carbocycles. The third-order valence-corrected chi connectivity index (χ3v) is 1.83. The standard InChI is InChI=1S/C7H17O2P/c1-3-4-5-6-7-9-10(2)8/h8H,3-7H2,1-2H3. The van der Waals surface area contributed by atoms with Gasteiger partial charge in [-0.25, -0.2) is 0 Å². The molecule has 0 aromatic heterocycles. The van der Waals surface area contributed by atoms with Gasteiger partial charge < -0.3 is 9.42 Å². The molecule has 1 atom stereocenters. The van der Waals surface area contributed by atoms with Crippen molar-refractivity contribution < 1.29 is 9.42 Å². The van der Waals surface area contributed by atoms with E-state index in [0.717, 1.165) is 13.0 Å². The van der Waals surface area contributed by atoms with Crippen LogP contribution in [0, 0.1) is 0 Å². The van der Waals surface area contributed by atoms with Gasteiger partial charge >= 0.3 is 0 Å². The van der Waals surface area contributed by atoms with Crippen molar-refractivity contribution in [2.75, 3.05) is 13.3 Å². The van der Waals surface area contributed by atoms with Gasteiger partial charge in [-0.2, -0.15) is 0 Å². The van der Waals surface area contributed by atoms with Crippen LogP contribution in [0.4, 0.5) is 0 Å². The lowest BCUT2D eigenvalue weighted by atomic mass is 10.2. The Hall–Kier alpha value is 0.350. The first-order valence-corrected chi connectivity index (χ1v) is 5.49. The van der Waals surface area contributed by atoms with Crippen LogP contribution in [0.1, 0.15) is 32.6 Å². The minimum Gasteiger partial charge on any atom is -0.350 e. The van der Waals surface area contributed by atoms with Gasteiger partial charge in [-0.15, -0.1) is 0 Å². The maximum atomic E-state index is 8.75. The highest BCUT2D eigenvalue weighted by Crippen LogP contribution is 2.25.